The van der Waals surface area contributed by atoms with E-state index < -0.39 is 17.5 Å². The molecule has 0 atom stereocenters. The Balaban J connectivity index is 1.99. The van der Waals surface area contributed by atoms with E-state index in [4.69, 9.17) is 5.73 Å². The number of hydrogen-bond acceptors (Lipinski definition) is 3. The predicted molar refractivity (Wildman–Crippen MR) is 81.3 cm³/mol. The molecule has 0 aliphatic rings. The fourth-order valence-corrected chi connectivity index (χ4v) is 2.55. The minimum absolute atomic E-state index is 0.0591. The lowest BCUT2D eigenvalue weighted by Gasteiger charge is -2.08. The lowest BCUT2D eigenvalue weighted by Crippen LogP contribution is -2.15. The fraction of sp³-hybridized carbons (Fsp3) is 0.133. The van der Waals surface area contributed by atoms with Crippen LogP contribution in [0, 0.1) is 18.6 Å². The molecule has 6 heteroatoms. The first-order valence-electron chi connectivity index (χ1n) is 6.19. The Hall–Kier alpha value is -2.08. The number of aryl methyl sites for hydroxylation is 1. The number of hydrogen-bond donors (Lipinski definition) is 2. The highest BCUT2D eigenvalue weighted by atomic mass is 32.2. The van der Waals surface area contributed by atoms with Gasteiger partial charge in [-0.3, -0.25) is 4.79 Å². The molecule has 0 aliphatic carbocycles. The highest BCUT2D eigenvalue weighted by molar-refractivity contribution is 8.00. The third kappa shape index (κ3) is 4.19. The van der Waals surface area contributed by atoms with Crippen LogP contribution in [0.25, 0.3) is 0 Å². The summed E-state index contributed by atoms with van der Waals surface area (Å²) in [6.07, 6.45) is 0. The number of rotatable bonds is 4. The van der Waals surface area contributed by atoms with Gasteiger partial charge >= 0.3 is 0 Å². The van der Waals surface area contributed by atoms with Crippen molar-refractivity contribution in [1.29, 1.82) is 0 Å². The van der Waals surface area contributed by atoms with Crippen LogP contribution in [-0.2, 0) is 4.79 Å². The van der Waals surface area contributed by atoms with Crippen molar-refractivity contribution >= 4 is 29.0 Å². The molecule has 3 nitrogen and oxygen atoms in total. The minimum atomic E-state index is -0.676. The molecule has 0 fully saturated rings. The molecule has 0 saturated carbocycles. The number of halogens is 2. The second-order valence-electron chi connectivity index (χ2n) is 4.50. The first-order chi connectivity index (χ1) is 9.95. The molecule has 1 amide bonds. The first-order valence-corrected chi connectivity index (χ1v) is 7.18. The quantitative estimate of drug-likeness (QED) is 0.670. The van der Waals surface area contributed by atoms with Gasteiger partial charge < -0.3 is 11.1 Å². The van der Waals surface area contributed by atoms with Crippen LogP contribution in [0.4, 0.5) is 20.2 Å². The maximum Gasteiger partial charge on any atom is 0.234 e. The number of thioether (sulfide) groups is 1. The maximum atomic E-state index is 13.4. The Morgan fingerprint density at radius 1 is 1.24 bits per heavy atom. The van der Waals surface area contributed by atoms with Gasteiger partial charge in [-0.2, -0.15) is 0 Å². The smallest absolute Gasteiger partial charge is 0.234 e. The molecule has 0 heterocycles. The third-order valence-electron chi connectivity index (χ3n) is 2.73. The van der Waals surface area contributed by atoms with E-state index in [2.05, 4.69) is 5.32 Å². The molecule has 0 aromatic heterocycles. The number of carbonyl (C=O) groups is 1. The number of carbonyl (C=O) groups excluding carboxylic acids is 1. The van der Waals surface area contributed by atoms with Gasteiger partial charge in [0.05, 0.1) is 11.4 Å². The molecule has 0 unspecified atom stereocenters. The van der Waals surface area contributed by atoms with Crippen LogP contribution < -0.4 is 11.1 Å². The van der Waals surface area contributed by atoms with Gasteiger partial charge in [0.15, 0.2) is 0 Å². The minimum Gasteiger partial charge on any atom is -0.398 e. The summed E-state index contributed by atoms with van der Waals surface area (Å²) >= 11 is 1.25. The van der Waals surface area contributed by atoms with E-state index >= 15 is 0 Å². The van der Waals surface area contributed by atoms with Crippen molar-refractivity contribution in [3.8, 4) is 0 Å². The van der Waals surface area contributed by atoms with Gasteiger partial charge in [-0.25, -0.2) is 8.78 Å². The monoisotopic (exact) mass is 308 g/mol. The highest BCUT2D eigenvalue weighted by Gasteiger charge is 2.10. The second kappa shape index (κ2) is 6.58. The SMILES string of the molecule is Cc1ccc(N)c(SCC(=O)Nc2cc(F)ccc2F)c1. The van der Waals surface area contributed by atoms with Gasteiger partial charge in [0.1, 0.15) is 11.6 Å². The van der Waals surface area contributed by atoms with E-state index in [1.54, 1.807) is 6.07 Å². The van der Waals surface area contributed by atoms with Crippen LogP contribution in [0.2, 0.25) is 0 Å². The normalized spacial score (nSPS) is 10.4. The van der Waals surface area contributed by atoms with E-state index in [0.717, 1.165) is 28.7 Å². The maximum absolute atomic E-state index is 13.4. The van der Waals surface area contributed by atoms with Crippen LogP contribution in [0.5, 0.6) is 0 Å². The molecule has 0 spiro atoms. The average Bonchev–Trinajstić information content (AvgIpc) is 2.44. The van der Waals surface area contributed by atoms with Gasteiger partial charge in [-0.1, -0.05) is 6.07 Å². The Kier molecular flexibility index (Phi) is 4.80. The van der Waals surface area contributed by atoms with E-state index in [1.165, 1.54) is 11.8 Å². The molecule has 3 N–H and O–H groups in total. The van der Waals surface area contributed by atoms with Crippen molar-refractivity contribution in [2.24, 2.45) is 0 Å². The number of nitrogens with one attached hydrogen (secondary N) is 1. The molecule has 110 valence electrons. The van der Waals surface area contributed by atoms with Crippen molar-refractivity contribution in [2.45, 2.75) is 11.8 Å². The molecule has 21 heavy (non-hydrogen) atoms. The molecule has 0 saturated heterocycles. The number of amides is 1. The molecule has 2 rings (SSSR count). The summed E-state index contributed by atoms with van der Waals surface area (Å²) < 4.78 is 26.4. The van der Waals surface area contributed by atoms with E-state index in [-0.39, 0.29) is 11.4 Å². The van der Waals surface area contributed by atoms with E-state index in [0.29, 0.717) is 5.69 Å². The van der Waals surface area contributed by atoms with Gasteiger partial charge in [0.2, 0.25) is 5.91 Å². The summed E-state index contributed by atoms with van der Waals surface area (Å²) in [5.74, 6) is -1.65. The zero-order chi connectivity index (χ0) is 15.4. The molecular formula is C15H14F2N2OS. The molecule has 0 aliphatic heterocycles. The van der Waals surface area contributed by atoms with Crippen LogP contribution in [0.3, 0.4) is 0 Å². The summed E-state index contributed by atoms with van der Waals surface area (Å²) in [6.45, 7) is 1.92. The van der Waals surface area contributed by atoms with Crippen LogP contribution in [0.15, 0.2) is 41.3 Å². The van der Waals surface area contributed by atoms with Gasteiger partial charge in [-0.05, 0) is 36.8 Å². The number of nitrogen functional groups attached to an aromatic ring is 1. The summed E-state index contributed by atoms with van der Waals surface area (Å²) in [7, 11) is 0. The summed E-state index contributed by atoms with van der Waals surface area (Å²) in [4.78, 5) is 12.6. The fourth-order valence-electron chi connectivity index (χ4n) is 1.69. The lowest BCUT2D eigenvalue weighted by atomic mass is 10.2. The number of anilines is 2. The predicted octanol–water partition coefficient (Wildman–Crippen LogP) is 3.59. The topological polar surface area (TPSA) is 55.1 Å². The average molecular weight is 308 g/mol. The summed E-state index contributed by atoms with van der Waals surface area (Å²) in [5, 5.41) is 2.34. The Bertz CT molecular complexity index is 677. The largest absolute Gasteiger partial charge is 0.398 e. The number of nitrogens with two attached hydrogens (primary N) is 1. The molecule has 2 aromatic rings. The van der Waals surface area contributed by atoms with Gasteiger partial charge in [-0.15, -0.1) is 11.8 Å². The molecule has 0 bridgehead atoms. The van der Waals surface area contributed by atoms with Crippen LogP contribution >= 0.6 is 11.8 Å². The summed E-state index contributed by atoms with van der Waals surface area (Å²) in [6, 6.07) is 8.42. The van der Waals surface area contributed by atoms with Crippen molar-refractivity contribution < 1.29 is 13.6 Å². The number of benzene rings is 2. The van der Waals surface area contributed by atoms with Crippen molar-refractivity contribution in [1.82, 2.24) is 0 Å². The van der Waals surface area contributed by atoms with Gasteiger partial charge in [0, 0.05) is 16.6 Å². The Morgan fingerprint density at radius 3 is 2.76 bits per heavy atom. The second-order valence-corrected chi connectivity index (χ2v) is 5.52. The van der Waals surface area contributed by atoms with Crippen LogP contribution in [0.1, 0.15) is 5.56 Å². The lowest BCUT2D eigenvalue weighted by molar-refractivity contribution is -0.113. The van der Waals surface area contributed by atoms with Gasteiger partial charge in [0.25, 0.3) is 0 Å². The van der Waals surface area contributed by atoms with E-state index in [1.807, 2.05) is 19.1 Å². The zero-order valence-corrected chi connectivity index (χ0v) is 12.1. The first kappa shape index (κ1) is 15.3. The zero-order valence-electron chi connectivity index (χ0n) is 11.3. The molecule has 2 aromatic carbocycles. The van der Waals surface area contributed by atoms with Crippen molar-refractivity contribution in [2.75, 3.05) is 16.8 Å². The third-order valence-corrected chi connectivity index (χ3v) is 3.80. The highest BCUT2D eigenvalue weighted by Crippen LogP contribution is 2.26. The van der Waals surface area contributed by atoms with E-state index in [9.17, 15) is 13.6 Å². The van der Waals surface area contributed by atoms with Crippen molar-refractivity contribution in [3.63, 3.8) is 0 Å². The Labute approximate surface area is 125 Å². The van der Waals surface area contributed by atoms with Crippen LogP contribution in [-0.4, -0.2) is 11.7 Å². The standard InChI is InChI=1S/C15H14F2N2OS/c1-9-2-5-12(18)14(6-9)21-8-15(20)19-13-7-10(16)3-4-11(13)17/h2-7H,8,18H2,1H3,(H,19,20). The molecule has 0 radical (unpaired) electrons. The van der Waals surface area contributed by atoms with Crippen molar-refractivity contribution in [3.05, 3.63) is 53.6 Å². The molecular weight excluding hydrogens is 294 g/mol. The summed E-state index contributed by atoms with van der Waals surface area (Å²) in [5.41, 5.74) is 7.25. The Morgan fingerprint density at radius 2 is 2.00 bits per heavy atom.